The standard InChI is InChI=1S/C29H29N5O3/c30-28-33-26-25(31-20-32-26)27(36)34(28)18-21(19-35)16-17-37-29(22-10-4-1-5-11-22,23-12-6-2-7-13-23)24-14-8-3-9-15-24/h1-15,20-21,35H,16-19H2,(H2,30,33)(H,31,32). The second-order valence-corrected chi connectivity index (χ2v) is 8.95. The van der Waals surface area contributed by atoms with E-state index in [-0.39, 0.29) is 36.2 Å². The molecular formula is C29H29N5O3. The summed E-state index contributed by atoms with van der Waals surface area (Å²) < 4.78 is 8.19. The monoisotopic (exact) mass is 495 g/mol. The first-order valence-electron chi connectivity index (χ1n) is 12.2. The van der Waals surface area contributed by atoms with E-state index < -0.39 is 5.60 Å². The van der Waals surface area contributed by atoms with Gasteiger partial charge in [-0.3, -0.25) is 9.36 Å². The largest absolute Gasteiger partial charge is 0.396 e. The molecule has 0 saturated heterocycles. The molecule has 3 aromatic carbocycles. The van der Waals surface area contributed by atoms with E-state index in [1.165, 1.54) is 10.9 Å². The van der Waals surface area contributed by atoms with Gasteiger partial charge >= 0.3 is 0 Å². The van der Waals surface area contributed by atoms with Crippen molar-refractivity contribution in [2.45, 2.75) is 18.6 Å². The summed E-state index contributed by atoms with van der Waals surface area (Å²) in [5.41, 5.74) is 8.47. The summed E-state index contributed by atoms with van der Waals surface area (Å²) in [4.78, 5) is 23.9. The smallest absolute Gasteiger partial charge is 0.280 e. The number of H-pyrrole nitrogens is 1. The number of aliphatic hydroxyl groups excluding tert-OH is 1. The van der Waals surface area contributed by atoms with Crippen molar-refractivity contribution in [1.82, 2.24) is 19.5 Å². The van der Waals surface area contributed by atoms with Crippen LogP contribution < -0.4 is 11.3 Å². The van der Waals surface area contributed by atoms with Crippen LogP contribution in [0, 0.1) is 5.92 Å². The molecule has 0 aliphatic heterocycles. The molecule has 0 spiro atoms. The van der Waals surface area contributed by atoms with Gasteiger partial charge in [-0.05, 0) is 23.1 Å². The molecule has 0 radical (unpaired) electrons. The van der Waals surface area contributed by atoms with Crippen LogP contribution in [0.4, 0.5) is 5.95 Å². The van der Waals surface area contributed by atoms with Gasteiger partial charge in [0.2, 0.25) is 5.95 Å². The Bertz CT molecular complexity index is 1400. The molecule has 4 N–H and O–H groups in total. The van der Waals surface area contributed by atoms with E-state index in [1.54, 1.807) is 0 Å². The summed E-state index contributed by atoms with van der Waals surface area (Å²) in [7, 11) is 0. The molecule has 1 atom stereocenters. The average Bonchev–Trinajstić information content (AvgIpc) is 3.42. The predicted molar refractivity (Wildman–Crippen MR) is 143 cm³/mol. The minimum atomic E-state index is -0.851. The maximum Gasteiger partial charge on any atom is 0.280 e. The van der Waals surface area contributed by atoms with Crippen molar-refractivity contribution in [2.75, 3.05) is 18.9 Å². The molecule has 0 saturated carbocycles. The molecular weight excluding hydrogens is 466 g/mol. The zero-order valence-corrected chi connectivity index (χ0v) is 20.3. The van der Waals surface area contributed by atoms with Gasteiger partial charge in [-0.25, -0.2) is 4.98 Å². The van der Waals surface area contributed by atoms with Gasteiger partial charge in [-0.15, -0.1) is 0 Å². The number of rotatable bonds is 10. The quantitative estimate of drug-likeness (QED) is 0.254. The minimum Gasteiger partial charge on any atom is -0.396 e. The van der Waals surface area contributed by atoms with Gasteiger partial charge in [0.1, 0.15) is 5.60 Å². The summed E-state index contributed by atoms with van der Waals surface area (Å²) in [6, 6.07) is 30.4. The van der Waals surface area contributed by atoms with Crippen LogP contribution in [-0.4, -0.2) is 37.8 Å². The highest BCUT2D eigenvalue weighted by molar-refractivity contribution is 5.69. The molecule has 2 heterocycles. The Kier molecular flexibility index (Phi) is 7.11. The van der Waals surface area contributed by atoms with Crippen LogP contribution in [0.25, 0.3) is 11.2 Å². The van der Waals surface area contributed by atoms with Gasteiger partial charge < -0.3 is 20.6 Å². The summed E-state index contributed by atoms with van der Waals surface area (Å²) in [6.45, 7) is 0.408. The maximum atomic E-state index is 12.9. The third-order valence-corrected chi connectivity index (χ3v) is 6.66. The molecule has 8 nitrogen and oxygen atoms in total. The first-order valence-corrected chi connectivity index (χ1v) is 12.2. The van der Waals surface area contributed by atoms with Crippen LogP contribution in [-0.2, 0) is 16.9 Å². The number of ether oxygens (including phenoxy) is 1. The minimum absolute atomic E-state index is 0.0659. The number of benzene rings is 3. The third-order valence-electron chi connectivity index (χ3n) is 6.66. The lowest BCUT2D eigenvalue weighted by Gasteiger charge is -2.36. The zero-order valence-electron chi connectivity index (χ0n) is 20.3. The summed E-state index contributed by atoms with van der Waals surface area (Å²) in [6.07, 6.45) is 1.91. The van der Waals surface area contributed by atoms with Gasteiger partial charge in [0.25, 0.3) is 5.56 Å². The normalized spacial score (nSPS) is 12.6. The van der Waals surface area contributed by atoms with Gasteiger partial charge in [0.15, 0.2) is 11.2 Å². The van der Waals surface area contributed by atoms with E-state index in [4.69, 9.17) is 10.5 Å². The lowest BCUT2D eigenvalue weighted by Crippen LogP contribution is -2.34. The highest BCUT2D eigenvalue weighted by atomic mass is 16.5. The number of aromatic amines is 1. The van der Waals surface area contributed by atoms with E-state index in [1.807, 2.05) is 54.6 Å². The van der Waals surface area contributed by atoms with Crippen molar-refractivity contribution in [3.05, 3.63) is 124 Å². The number of anilines is 1. The molecule has 0 aliphatic rings. The number of hydrogen-bond donors (Lipinski definition) is 3. The average molecular weight is 496 g/mol. The maximum absolute atomic E-state index is 12.9. The van der Waals surface area contributed by atoms with Crippen LogP contribution in [0.15, 0.2) is 102 Å². The van der Waals surface area contributed by atoms with E-state index >= 15 is 0 Å². The molecule has 0 bridgehead atoms. The molecule has 5 rings (SSSR count). The van der Waals surface area contributed by atoms with Crippen molar-refractivity contribution < 1.29 is 9.84 Å². The molecule has 5 aromatic rings. The van der Waals surface area contributed by atoms with Crippen molar-refractivity contribution in [3.8, 4) is 0 Å². The topological polar surface area (TPSA) is 119 Å². The number of nitrogens with one attached hydrogen (secondary N) is 1. The van der Waals surface area contributed by atoms with Crippen molar-refractivity contribution >= 4 is 17.1 Å². The number of nitrogens with zero attached hydrogens (tertiary/aromatic N) is 3. The Morgan fingerprint density at radius 3 is 1.97 bits per heavy atom. The molecule has 0 fully saturated rings. The number of nitrogen functional groups attached to an aromatic ring is 1. The number of imidazole rings is 1. The van der Waals surface area contributed by atoms with Crippen molar-refractivity contribution in [1.29, 1.82) is 0 Å². The predicted octanol–water partition coefficient (Wildman–Crippen LogP) is 3.71. The second kappa shape index (κ2) is 10.8. The first kappa shape index (κ1) is 24.4. The third kappa shape index (κ3) is 4.76. The van der Waals surface area contributed by atoms with Crippen molar-refractivity contribution in [2.24, 2.45) is 5.92 Å². The molecule has 8 heteroatoms. The fraction of sp³-hybridized carbons (Fsp3) is 0.207. The SMILES string of the molecule is Nc1nc2nc[nH]c2c(=O)n1CC(CO)CCOC(c1ccccc1)(c1ccccc1)c1ccccc1. The molecule has 1 unspecified atom stereocenters. The van der Waals surface area contributed by atoms with E-state index in [2.05, 4.69) is 51.4 Å². The summed E-state index contributed by atoms with van der Waals surface area (Å²) >= 11 is 0. The van der Waals surface area contributed by atoms with E-state index in [0.717, 1.165) is 16.7 Å². The summed E-state index contributed by atoms with van der Waals surface area (Å²) in [5.74, 6) is -0.210. The van der Waals surface area contributed by atoms with Crippen LogP contribution in [0.3, 0.4) is 0 Å². The molecule has 0 aliphatic carbocycles. The van der Waals surface area contributed by atoms with Crippen LogP contribution in [0.5, 0.6) is 0 Å². The molecule has 37 heavy (non-hydrogen) atoms. The Balaban J connectivity index is 1.45. The van der Waals surface area contributed by atoms with Crippen LogP contribution in [0.1, 0.15) is 23.1 Å². The lowest BCUT2D eigenvalue weighted by molar-refractivity contribution is 0.000894. The highest BCUT2D eigenvalue weighted by Gasteiger charge is 2.37. The van der Waals surface area contributed by atoms with Gasteiger partial charge in [-0.2, -0.15) is 4.98 Å². The van der Waals surface area contributed by atoms with E-state index in [0.29, 0.717) is 18.5 Å². The van der Waals surface area contributed by atoms with Gasteiger partial charge in [0.05, 0.1) is 6.33 Å². The van der Waals surface area contributed by atoms with Crippen molar-refractivity contribution in [3.63, 3.8) is 0 Å². The van der Waals surface area contributed by atoms with Gasteiger partial charge in [0, 0.05) is 25.7 Å². The lowest BCUT2D eigenvalue weighted by atomic mass is 9.80. The highest BCUT2D eigenvalue weighted by Crippen LogP contribution is 2.40. The Morgan fingerprint density at radius 1 is 0.919 bits per heavy atom. The second-order valence-electron chi connectivity index (χ2n) is 8.95. The van der Waals surface area contributed by atoms with Crippen LogP contribution in [0.2, 0.25) is 0 Å². The zero-order chi connectivity index (χ0) is 25.7. The fourth-order valence-electron chi connectivity index (χ4n) is 4.76. The number of aromatic nitrogens is 4. The first-order chi connectivity index (χ1) is 18.1. The fourth-order valence-corrected chi connectivity index (χ4v) is 4.76. The molecule has 0 amide bonds. The van der Waals surface area contributed by atoms with Crippen LogP contribution >= 0.6 is 0 Å². The number of nitrogens with two attached hydrogens (primary N) is 1. The number of hydrogen-bond acceptors (Lipinski definition) is 6. The summed E-state index contributed by atoms with van der Waals surface area (Å²) in [5, 5.41) is 10.2. The molecule has 2 aromatic heterocycles. The molecule has 188 valence electrons. The Labute approximate surface area is 214 Å². The van der Waals surface area contributed by atoms with E-state index in [9.17, 15) is 9.90 Å². The van der Waals surface area contributed by atoms with Gasteiger partial charge in [-0.1, -0.05) is 91.0 Å². The number of fused-ring (bicyclic) bond motifs is 1. The Hall–Kier alpha value is -4.27. The Morgan fingerprint density at radius 2 is 1.46 bits per heavy atom. The number of aliphatic hydroxyl groups is 1.